The van der Waals surface area contributed by atoms with Crippen molar-refractivity contribution in [2.24, 2.45) is 5.92 Å². The number of para-hydroxylation sites is 2. The van der Waals surface area contributed by atoms with Gasteiger partial charge in [-0.05, 0) is 55.9 Å². The van der Waals surface area contributed by atoms with Crippen LogP contribution in [0.4, 0.5) is 13.2 Å². The van der Waals surface area contributed by atoms with Crippen molar-refractivity contribution in [3.63, 3.8) is 0 Å². The number of halogens is 4. The summed E-state index contributed by atoms with van der Waals surface area (Å²) in [4.78, 5) is 34.1. The fourth-order valence-electron chi connectivity index (χ4n) is 5.18. The van der Waals surface area contributed by atoms with Crippen molar-refractivity contribution in [2.75, 3.05) is 13.3 Å². The monoisotopic (exact) mass is 573 g/mol. The smallest absolute Gasteiger partial charge is 0.333 e. The number of carbonyl (C=O) groups is 1. The number of nitrogens with one attached hydrogen (secondary N) is 1. The summed E-state index contributed by atoms with van der Waals surface area (Å²) in [5.41, 5.74) is 1.07. The summed E-state index contributed by atoms with van der Waals surface area (Å²) in [6, 6.07) is 11.8. The van der Waals surface area contributed by atoms with E-state index in [0.29, 0.717) is 25.1 Å². The van der Waals surface area contributed by atoms with Gasteiger partial charge in [-0.3, -0.25) is 18.9 Å². The Kier molecular flexibility index (Phi) is 8.39. The molecule has 1 aromatic carbocycles. The Bertz CT molecular complexity index is 1550. The van der Waals surface area contributed by atoms with Gasteiger partial charge in [0.05, 0.1) is 33.5 Å². The average Bonchev–Trinajstić information content (AvgIpc) is 3.23. The maximum absolute atomic E-state index is 13.6. The first-order valence-electron chi connectivity index (χ1n) is 13.0. The number of benzene rings is 1. The second kappa shape index (κ2) is 12.1. The number of imidazole rings is 1. The van der Waals surface area contributed by atoms with Crippen LogP contribution >= 0.6 is 11.6 Å². The lowest BCUT2D eigenvalue weighted by atomic mass is 9.85. The highest BCUT2D eigenvalue weighted by atomic mass is 35.5. The lowest BCUT2D eigenvalue weighted by Gasteiger charge is -2.29. The minimum Gasteiger partial charge on any atom is -0.475 e. The molecule has 3 aromatic heterocycles. The van der Waals surface area contributed by atoms with Gasteiger partial charge in [0.25, 0.3) is 12.3 Å². The number of nitrogens with zero attached hydrogens (tertiary/aromatic N) is 4. The van der Waals surface area contributed by atoms with E-state index in [1.165, 1.54) is 12.3 Å². The van der Waals surface area contributed by atoms with E-state index < -0.39 is 24.7 Å². The number of rotatable bonds is 9. The van der Waals surface area contributed by atoms with Crippen LogP contribution in [0.2, 0.25) is 5.02 Å². The van der Waals surface area contributed by atoms with E-state index in [0.717, 1.165) is 30.1 Å². The molecule has 0 spiro atoms. The molecule has 0 saturated heterocycles. The highest BCUT2D eigenvalue weighted by Gasteiger charge is 2.27. The van der Waals surface area contributed by atoms with Crippen molar-refractivity contribution in [1.82, 2.24) is 24.4 Å². The first-order chi connectivity index (χ1) is 19.4. The molecule has 1 saturated carbocycles. The standard InChI is InChI=1S/C28H27ClF3N5O3/c29-18-13-21(25(26(31)32)34-14-18)27(38)35-19-7-5-17(6-8-19)16-36-22-3-1-2-4-23(22)37(28(36)39)20-9-10-24(33-15-20)40-12-11-30/h1-4,9-10,13-15,17,19,26H,5-8,11-12,16H2,(H,35,38)/t17-,19-. The molecule has 40 heavy (non-hydrogen) atoms. The summed E-state index contributed by atoms with van der Waals surface area (Å²) in [7, 11) is 0. The topological polar surface area (TPSA) is 91.0 Å². The molecule has 0 bridgehead atoms. The second-order valence-corrected chi connectivity index (χ2v) is 10.1. The number of hydrogen-bond donors (Lipinski definition) is 1. The third-order valence-electron chi connectivity index (χ3n) is 7.10. The predicted octanol–water partition coefficient (Wildman–Crippen LogP) is 5.51. The van der Waals surface area contributed by atoms with E-state index in [1.54, 1.807) is 21.3 Å². The summed E-state index contributed by atoms with van der Waals surface area (Å²) >= 11 is 5.89. The maximum atomic E-state index is 13.6. The molecule has 210 valence electrons. The van der Waals surface area contributed by atoms with Crippen LogP contribution in [0.25, 0.3) is 16.7 Å². The largest absolute Gasteiger partial charge is 0.475 e. The van der Waals surface area contributed by atoms with Gasteiger partial charge in [-0.2, -0.15) is 0 Å². The molecule has 8 nitrogen and oxygen atoms in total. The van der Waals surface area contributed by atoms with Gasteiger partial charge in [0, 0.05) is 24.8 Å². The zero-order valence-corrected chi connectivity index (χ0v) is 22.2. The number of ether oxygens (including phenoxy) is 1. The molecule has 1 aliphatic rings. The maximum Gasteiger partial charge on any atom is 0.333 e. The van der Waals surface area contributed by atoms with E-state index in [2.05, 4.69) is 15.3 Å². The Balaban J connectivity index is 1.28. The molecule has 0 atom stereocenters. The van der Waals surface area contributed by atoms with Crippen molar-refractivity contribution in [2.45, 2.75) is 44.7 Å². The van der Waals surface area contributed by atoms with Gasteiger partial charge in [0.1, 0.15) is 19.0 Å². The summed E-state index contributed by atoms with van der Waals surface area (Å²) in [6.07, 6.45) is 2.51. The molecule has 1 aliphatic carbocycles. The summed E-state index contributed by atoms with van der Waals surface area (Å²) in [6.45, 7) is -0.221. The molecular formula is C28H27ClF3N5O3. The first-order valence-corrected chi connectivity index (χ1v) is 13.3. The predicted molar refractivity (Wildman–Crippen MR) is 144 cm³/mol. The zero-order chi connectivity index (χ0) is 28.2. The van der Waals surface area contributed by atoms with Crippen LogP contribution in [0.15, 0.2) is 59.7 Å². The highest BCUT2D eigenvalue weighted by molar-refractivity contribution is 6.30. The Morgan fingerprint density at radius 1 is 1.07 bits per heavy atom. The van der Waals surface area contributed by atoms with Crippen molar-refractivity contribution in [1.29, 1.82) is 0 Å². The third kappa shape index (κ3) is 5.84. The summed E-state index contributed by atoms with van der Waals surface area (Å²) in [5.74, 6) is -0.161. The number of carbonyl (C=O) groups excluding carboxylic acids is 1. The second-order valence-electron chi connectivity index (χ2n) is 9.69. The Labute approximate surface area is 232 Å². The molecule has 1 N–H and O–H groups in total. The molecule has 0 radical (unpaired) electrons. The summed E-state index contributed by atoms with van der Waals surface area (Å²) < 4.78 is 47.6. The molecule has 1 amide bonds. The van der Waals surface area contributed by atoms with Crippen LogP contribution in [0.3, 0.4) is 0 Å². The molecule has 3 heterocycles. The molecular weight excluding hydrogens is 547 g/mol. The van der Waals surface area contributed by atoms with Crippen LogP contribution < -0.4 is 15.7 Å². The molecule has 5 rings (SSSR count). The fraction of sp³-hybridized carbons (Fsp3) is 0.357. The van der Waals surface area contributed by atoms with Crippen LogP contribution in [-0.2, 0) is 6.54 Å². The van der Waals surface area contributed by atoms with Crippen LogP contribution in [0.5, 0.6) is 5.88 Å². The SMILES string of the molecule is O=C(N[C@H]1CC[C@H](Cn2c(=O)n(-c3ccc(OCCF)nc3)c3ccccc32)CC1)c1cc(Cl)cnc1C(F)F. The van der Waals surface area contributed by atoms with Crippen LogP contribution in [-0.4, -0.2) is 44.3 Å². The molecule has 0 unspecified atom stereocenters. The van der Waals surface area contributed by atoms with E-state index in [4.69, 9.17) is 16.3 Å². The molecule has 1 fully saturated rings. The third-order valence-corrected chi connectivity index (χ3v) is 7.31. The highest BCUT2D eigenvalue weighted by Crippen LogP contribution is 2.29. The zero-order valence-electron chi connectivity index (χ0n) is 21.4. The number of amides is 1. The van der Waals surface area contributed by atoms with Gasteiger partial charge in [0.15, 0.2) is 0 Å². The van der Waals surface area contributed by atoms with Gasteiger partial charge in [-0.25, -0.2) is 22.9 Å². The summed E-state index contributed by atoms with van der Waals surface area (Å²) in [5, 5.41) is 2.96. The van der Waals surface area contributed by atoms with Crippen molar-refractivity contribution < 1.29 is 22.7 Å². The molecule has 0 aliphatic heterocycles. The first kappa shape index (κ1) is 27.7. The van der Waals surface area contributed by atoms with E-state index in [9.17, 15) is 22.8 Å². The van der Waals surface area contributed by atoms with Gasteiger partial charge in [-0.1, -0.05) is 23.7 Å². The lowest BCUT2D eigenvalue weighted by Crippen LogP contribution is -2.39. The van der Waals surface area contributed by atoms with Gasteiger partial charge in [0.2, 0.25) is 5.88 Å². The number of alkyl halides is 3. The van der Waals surface area contributed by atoms with E-state index in [1.807, 2.05) is 24.3 Å². The molecule has 12 heteroatoms. The molecule has 4 aromatic rings. The number of aromatic nitrogens is 4. The van der Waals surface area contributed by atoms with Crippen molar-refractivity contribution in [3.8, 4) is 11.6 Å². The number of pyridine rings is 2. The average molecular weight is 574 g/mol. The van der Waals surface area contributed by atoms with E-state index in [-0.39, 0.29) is 40.7 Å². The van der Waals surface area contributed by atoms with E-state index >= 15 is 0 Å². The van der Waals surface area contributed by atoms with Gasteiger partial charge >= 0.3 is 5.69 Å². The van der Waals surface area contributed by atoms with Gasteiger partial charge in [-0.15, -0.1) is 0 Å². The minimum atomic E-state index is -2.89. The number of fused-ring (bicyclic) bond motifs is 1. The Morgan fingerprint density at radius 2 is 1.82 bits per heavy atom. The lowest BCUT2D eigenvalue weighted by molar-refractivity contribution is 0.0904. The van der Waals surface area contributed by atoms with Crippen LogP contribution in [0, 0.1) is 5.92 Å². The Hall–Kier alpha value is -3.86. The quantitative estimate of drug-likeness (QED) is 0.285. The van der Waals surface area contributed by atoms with Gasteiger partial charge < -0.3 is 10.1 Å². The number of hydrogen-bond acceptors (Lipinski definition) is 5. The van der Waals surface area contributed by atoms with Crippen molar-refractivity contribution >= 4 is 28.5 Å². The normalized spacial score (nSPS) is 17.3. The minimum absolute atomic E-state index is 0.0912. The fourth-order valence-corrected chi connectivity index (χ4v) is 5.34. The Morgan fingerprint density at radius 3 is 2.50 bits per heavy atom. The van der Waals surface area contributed by atoms with Crippen molar-refractivity contribution in [3.05, 3.63) is 81.6 Å². The van der Waals surface area contributed by atoms with Crippen LogP contribution in [0.1, 0.15) is 48.2 Å².